The number of thiazole rings is 1. The first kappa shape index (κ1) is 19.0. The van der Waals surface area contributed by atoms with Crippen molar-refractivity contribution in [2.45, 2.75) is 26.7 Å². The first-order chi connectivity index (χ1) is 13.9. The van der Waals surface area contributed by atoms with E-state index < -0.39 is 0 Å². The molecule has 146 valence electrons. The van der Waals surface area contributed by atoms with E-state index in [0.29, 0.717) is 33.1 Å². The number of anilines is 2. The summed E-state index contributed by atoms with van der Waals surface area (Å²) in [5.41, 5.74) is 2.37. The van der Waals surface area contributed by atoms with Crippen LogP contribution in [0.1, 0.15) is 60.9 Å². The van der Waals surface area contributed by atoms with E-state index in [0.717, 1.165) is 9.91 Å². The molecule has 0 saturated heterocycles. The van der Waals surface area contributed by atoms with Crippen LogP contribution in [0.5, 0.6) is 0 Å². The third kappa shape index (κ3) is 3.34. The molecule has 3 aromatic rings. The third-order valence-corrected chi connectivity index (χ3v) is 6.13. The van der Waals surface area contributed by atoms with E-state index in [-0.39, 0.29) is 23.6 Å². The Morgan fingerprint density at radius 3 is 2.28 bits per heavy atom. The Hall–Kier alpha value is -3.32. The molecule has 0 bridgehead atoms. The number of nitrogens with one attached hydrogen (secondary N) is 1. The summed E-state index contributed by atoms with van der Waals surface area (Å²) in [6.45, 7) is 5.88. The smallest absolute Gasteiger partial charge is 0.267 e. The number of imide groups is 1. The van der Waals surface area contributed by atoms with Crippen LogP contribution < -0.4 is 10.2 Å². The number of amides is 3. The van der Waals surface area contributed by atoms with E-state index in [4.69, 9.17) is 0 Å². The Morgan fingerprint density at radius 1 is 1.03 bits per heavy atom. The van der Waals surface area contributed by atoms with Gasteiger partial charge >= 0.3 is 0 Å². The lowest BCUT2D eigenvalue weighted by molar-refractivity contribution is 0.0925. The van der Waals surface area contributed by atoms with Crippen LogP contribution in [0.15, 0.2) is 48.5 Å². The van der Waals surface area contributed by atoms with Crippen LogP contribution in [0.2, 0.25) is 0 Å². The molecule has 6 nitrogen and oxygen atoms in total. The lowest BCUT2D eigenvalue weighted by Gasteiger charge is -2.15. The van der Waals surface area contributed by atoms with Gasteiger partial charge in [-0.1, -0.05) is 32.0 Å². The molecule has 2 aromatic carbocycles. The first-order valence-electron chi connectivity index (χ1n) is 9.23. The molecule has 0 fully saturated rings. The highest BCUT2D eigenvalue weighted by Crippen LogP contribution is 2.30. The summed E-state index contributed by atoms with van der Waals surface area (Å²) >= 11 is 1.38. The molecule has 0 atom stereocenters. The van der Waals surface area contributed by atoms with E-state index in [1.165, 1.54) is 11.3 Å². The maximum Gasteiger partial charge on any atom is 0.267 e. The minimum atomic E-state index is -0.367. The molecule has 0 saturated carbocycles. The van der Waals surface area contributed by atoms with Crippen LogP contribution in [0.3, 0.4) is 0 Å². The minimum absolute atomic E-state index is 0.248. The van der Waals surface area contributed by atoms with Crippen molar-refractivity contribution in [3.8, 4) is 0 Å². The van der Waals surface area contributed by atoms with Crippen molar-refractivity contribution in [2.24, 2.45) is 0 Å². The van der Waals surface area contributed by atoms with Crippen LogP contribution in [0, 0.1) is 6.92 Å². The number of fused-ring (bicyclic) bond motifs is 1. The second-order valence-corrected chi connectivity index (χ2v) is 8.15. The monoisotopic (exact) mass is 405 g/mol. The maximum atomic E-state index is 12.7. The van der Waals surface area contributed by atoms with Crippen molar-refractivity contribution in [2.75, 3.05) is 10.2 Å². The number of aromatic nitrogens is 1. The Bertz CT molecular complexity index is 1110. The van der Waals surface area contributed by atoms with Crippen molar-refractivity contribution in [3.05, 3.63) is 75.2 Å². The molecule has 29 heavy (non-hydrogen) atoms. The molecule has 0 radical (unpaired) electrons. The molecule has 1 aliphatic rings. The number of nitrogens with zero attached hydrogens (tertiary/aromatic N) is 2. The second-order valence-electron chi connectivity index (χ2n) is 7.12. The number of carbonyl (C=O) groups is 3. The zero-order valence-electron chi connectivity index (χ0n) is 16.2. The fourth-order valence-corrected chi connectivity index (χ4v) is 4.17. The van der Waals surface area contributed by atoms with Gasteiger partial charge in [0.1, 0.15) is 4.88 Å². The van der Waals surface area contributed by atoms with Gasteiger partial charge in [-0.15, -0.1) is 11.3 Å². The van der Waals surface area contributed by atoms with Crippen LogP contribution in [-0.2, 0) is 0 Å². The van der Waals surface area contributed by atoms with Crippen molar-refractivity contribution in [1.29, 1.82) is 0 Å². The molecular formula is C22H19N3O3S. The fourth-order valence-electron chi connectivity index (χ4n) is 3.21. The van der Waals surface area contributed by atoms with Gasteiger partial charge in [0, 0.05) is 11.6 Å². The normalized spacial score (nSPS) is 13.2. The summed E-state index contributed by atoms with van der Waals surface area (Å²) in [7, 11) is 0. The fraction of sp³-hybridized carbons (Fsp3) is 0.182. The lowest BCUT2D eigenvalue weighted by atomic mass is 10.1. The molecule has 1 aliphatic heterocycles. The minimum Gasteiger partial charge on any atom is -0.321 e. The van der Waals surface area contributed by atoms with Crippen molar-refractivity contribution in [3.63, 3.8) is 0 Å². The first-order valence-corrected chi connectivity index (χ1v) is 10.0. The van der Waals surface area contributed by atoms with E-state index in [1.54, 1.807) is 48.5 Å². The van der Waals surface area contributed by atoms with Gasteiger partial charge in [-0.2, -0.15) is 0 Å². The molecule has 7 heteroatoms. The number of aryl methyl sites for hydroxylation is 1. The summed E-state index contributed by atoms with van der Waals surface area (Å²) in [5.74, 6) is -0.744. The van der Waals surface area contributed by atoms with Gasteiger partial charge in [0.05, 0.1) is 27.5 Å². The molecule has 0 aliphatic carbocycles. The van der Waals surface area contributed by atoms with E-state index in [1.807, 2.05) is 20.8 Å². The molecule has 1 N–H and O–H groups in total. The highest BCUT2D eigenvalue weighted by atomic mass is 32.1. The highest BCUT2D eigenvalue weighted by Gasteiger charge is 2.36. The third-order valence-electron chi connectivity index (χ3n) is 4.67. The van der Waals surface area contributed by atoms with Gasteiger partial charge in [-0.05, 0) is 37.3 Å². The summed E-state index contributed by atoms with van der Waals surface area (Å²) in [4.78, 5) is 44.2. The summed E-state index contributed by atoms with van der Waals surface area (Å²) in [6.07, 6.45) is 0. The van der Waals surface area contributed by atoms with E-state index in [2.05, 4.69) is 10.3 Å². The summed E-state index contributed by atoms with van der Waals surface area (Å²) < 4.78 is 0. The molecule has 2 heterocycles. The van der Waals surface area contributed by atoms with Crippen LogP contribution in [0.25, 0.3) is 0 Å². The van der Waals surface area contributed by atoms with Crippen molar-refractivity contribution in [1.82, 2.24) is 4.98 Å². The molecule has 0 spiro atoms. The standard InChI is InChI=1S/C22H19N3O3S/c1-12(2)20-23-13(3)18(29-20)19(26)24-14-7-6-8-15(11-14)25-21(27)16-9-4-5-10-17(16)22(25)28/h4-12H,1-3H3,(H,24,26). The zero-order chi connectivity index (χ0) is 20.7. The maximum absolute atomic E-state index is 12.7. The molecule has 1 aromatic heterocycles. The molecule has 3 amide bonds. The lowest BCUT2D eigenvalue weighted by Crippen LogP contribution is -2.29. The summed E-state index contributed by atoms with van der Waals surface area (Å²) in [5, 5.41) is 3.76. The average Bonchev–Trinajstić information content (AvgIpc) is 3.21. The van der Waals surface area contributed by atoms with Crippen LogP contribution in [0.4, 0.5) is 11.4 Å². The van der Waals surface area contributed by atoms with Crippen LogP contribution >= 0.6 is 11.3 Å². The Balaban J connectivity index is 1.60. The quantitative estimate of drug-likeness (QED) is 0.642. The number of hydrogen-bond donors (Lipinski definition) is 1. The largest absolute Gasteiger partial charge is 0.321 e. The number of benzene rings is 2. The predicted molar refractivity (Wildman–Crippen MR) is 113 cm³/mol. The SMILES string of the molecule is Cc1nc(C(C)C)sc1C(=O)Nc1cccc(N2C(=O)c3ccccc3C2=O)c1. The van der Waals surface area contributed by atoms with Gasteiger partial charge in [0.15, 0.2) is 0 Å². The predicted octanol–water partition coefficient (Wildman–Crippen LogP) is 4.63. The Kier molecular flexibility index (Phi) is 4.76. The van der Waals surface area contributed by atoms with Crippen molar-refractivity contribution < 1.29 is 14.4 Å². The van der Waals surface area contributed by atoms with Gasteiger partial charge < -0.3 is 5.32 Å². The van der Waals surface area contributed by atoms with Gasteiger partial charge in [0.2, 0.25) is 0 Å². The van der Waals surface area contributed by atoms with Gasteiger partial charge in [-0.3, -0.25) is 14.4 Å². The Labute approximate surface area is 172 Å². The second kappa shape index (κ2) is 7.25. The van der Waals surface area contributed by atoms with E-state index >= 15 is 0 Å². The Morgan fingerprint density at radius 2 is 1.69 bits per heavy atom. The summed E-state index contributed by atoms with van der Waals surface area (Å²) in [6, 6.07) is 13.5. The van der Waals surface area contributed by atoms with Gasteiger partial charge in [-0.25, -0.2) is 9.88 Å². The number of rotatable bonds is 4. The molecule has 4 rings (SSSR count). The highest BCUT2D eigenvalue weighted by molar-refractivity contribution is 7.14. The molecular weight excluding hydrogens is 386 g/mol. The van der Waals surface area contributed by atoms with Crippen LogP contribution in [-0.4, -0.2) is 22.7 Å². The number of carbonyl (C=O) groups excluding carboxylic acids is 3. The van der Waals surface area contributed by atoms with Gasteiger partial charge in [0.25, 0.3) is 17.7 Å². The number of hydrogen-bond acceptors (Lipinski definition) is 5. The zero-order valence-corrected chi connectivity index (χ0v) is 17.0. The average molecular weight is 405 g/mol. The topological polar surface area (TPSA) is 79.4 Å². The molecule has 0 unspecified atom stereocenters. The van der Waals surface area contributed by atoms with Crippen molar-refractivity contribution >= 4 is 40.4 Å². The van der Waals surface area contributed by atoms with E-state index in [9.17, 15) is 14.4 Å².